The summed E-state index contributed by atoms with van der Waals surface area (Å²) in [7, 11) is 0. The van der Waals surface area contributed by atoms with Crippen LogP contribution in [0.3, 0.4) is 0 Å². The molecule has 0 bridgehead atoms. The zero-order chi connectivity index (χ0) is 13.1. The van der Waals surface area contributed by atoms with E-state index >= 15 is 0 Å². The van der Waals surface area contributed by atoms with E-state index in [1.54, 1.807) is 0 Å². The van der Waals surface area contributed by atoms with E-state index < -0.39 is 0 Å². The molecule has 2 aromatic carbocycles. The van der Waals surface area contributed by atoms with Crippen LogP contribution in [0.25, 0.3) is 17.8 Å². The summed E-state index contributed by atoms with van der Waals surface area (Å²) in [5.74, 6) is 0. The van der Waals surface area contributed by atoms with Gasteiger partial charge in [0.1, 0.15) is 0 Å². The van der Waals surface area contributed by atoms with Crippen LogP contribution in [0.15, 0.2) is 60.2 Å². The van der Waals surface area contributed by atoms with Gasteiger partial charge in [-0.3, -0.25) is 4.79 Å². The SMILES string of the molecule is O=CNC1=c2ccccc2=CC1=Cc1ccccc1. The van der Waals surface area contributed by atoms with Gasteiger partial charge < -0.3 is 5.32 Å². The van der Waals surface area contributed by atoms with E-state index in [9.17, 15) is 4.79 Å². The molecule has 0 unspecified atom stereocenters. The summed E-state index contributed by atoms with van der Waals surface area (Å²) in [4.78, 5) is 10.8. The number of fused-ring (bicyclic) bond motifs is 1. The lowest BCUT2D eigenvalue weighted by Crippen LogP contribution is -2.26. The first-order chi connectivity index (χ1) is 9.38. The van der Waals surface area contributed by atoms with Crippen LogP contribution in [0.2, 0.25) is 0 Å². The molecule has 3 rings (SSSR count). The molecule has 0 saturated heterocycles. The van der Waals surface area contributed by atoms with E-state index in [2.05, 4.69) is 17.5 Å². The first-order valence-electron chi connectivity index (χ1n) is 6.17. The summed E-state index contributed by atoms with van der Waals surface area (Å²) in [6.07, 6.45) is 4.89. The number of carbonyl (C=O) groups is 1. The van der Waals surface area contributed by atoms with Crippen molar-refractivity contribution >= 4 is 24.3 Å². The predicted octanol–water partition coefficient (Wildman–Crippen LogP) is 1.42. The van der Waals surface area contributed by atoms with Crippen molar-refractivity contribution in [2.75, 3.05) is 0 Å². The number of nitrogens with one attached hydrogen (secondary N) is 1. The molecule has 1 aliphatic carbocycles. The van der Waals surface area contributed by atoms with Gasteiger partial charge >= 0.3 is 0 Å². The van der Waals surface area contributed by atoms with Gasteiger partial charge in [-0.25, -0.2) is 0 Å². The molecule has 92 valence electrons. The third-order valence-corrected chi connectivity index (χ3v) is 3.15. The van der Waals surface area contributed by atoms with Crippen molar-refractivity contribution in [3.05, 3.63) is 76.2 Å². The topological polar surface area (TPSA) is 29.1 Å². The first kappa shape index (κ1) is 11.5. The summed E-state index contributed by atoms with van der Waals surface area (Å²) < 4.78 is 0. The normalized spacial score (nSPS) is 14.9. The number of amides is 1. The van der Waals surface area contributed by atoms with E-state index in [1.807, 2.05) is 54.6 Å². The highest BCUT2D eigenvalue weighted by Crippen LogP contribution is 2.16. The fourth-order valence-electron chi connectivity index (χ4n) is 2.31. The van der Waals surface area contributed by atoms with Crippen molar-refractivity contribution in [3.8, 4) is 0 Å². The zero-order valence-corrected chi connectivity index (χ0v) is 10.3. The van der Waals surface area contributed by atoms with Crippen LogP contribution in [0.1, 0.15) is 5.56 Å². The van der Waals surface area contributed by atoms with Crippen LogP contribution < -0.4 is 15.8 Å². The van der Waals surface area contributed by atoms with Gasteiger partial charge in [-0.15, -0.1) is 0 Å². The van der Waals surface area contributed by atoms with Crippen LogP contribution in [-0.2, 0) is 4.79 Å². The minimum Gasteiger partial charge on any atom is -0.328 e. The van der Waals surface area contributed by atoms with Gasteiger partial charge in [-0.05, 0) is 28.5 Å². The van der Waals surface area contributed by atoms with Gasteiger partial charge in [-0.2, -0.15) is 0 Å². The molecule has 0 spiro atoms. The number of benzene rings is 2. The molecule has 2 heteroatoms. The van der Waals surface area contributed by atoms with Gasteiger partial charge in [0.2, 0.25) is 6.41 Å². The second kappa shape index (κ2) is 4.94. The molecule has 0 aromatic heterocycles. The summed E-state index contributed by atoms with van der Waals surface area (Å²) in [6.45, 7) is 0. The highest BCUT2D eigenvalue weighted by Gasteiger charge is 2.10. The molecule has 1 N–H and O–H groups in total. The number of hydrogen-bond acceptors (Lipinski definition) is 1. The van der Waals surface area contributed by atoms with Crippen molar-refractivity contribution in [3.63, 3.8) is 0 Å². The minimum atomic E-state index is 0.726. The van der Waals surface area contributed by atoms with E-state index in [1.165, 1.54) is 0 Å². The summed E-state index contributed by atoms with van der Waals surface area (Å²) >= 11 is 0. The van der Waals surface area contributed by atoms with Gasteiger partial charge in [0, 0.05) is 5.22 Å². The number of hydrogen-bond donors (Lipinski definition) is 1. The summed E-state index contributed by atoms with van der Waals surface area (Å²) in [6, 6.07) is 18.1. The van der Waals surface area contributed by atoms with E-state index in [-0.39, 0.29) is 0 Å². The van der Waals surface area contributed by atoms with Gasteiger partial charge in [0.15, 0.2) is 0 Å². The highest BCUT2D eigenvalue weighted by molar-refractivity contribution is 5.90. The van der Waals surface area contributed by atoms with Gasteiger partial charge in [-0.1, -0.05) is 54.6 Å². The molecule has 2 aromatic rings. The lowest BCUT2D eigenvalue weighted by molar-refractivity contribution is -0.108. The Labute approximate surface area is 111 Å². The fourth-order valence-corrected chi connectivity index (χ4v) is 2.31. The zero-order valence-electron chi connectivity index (χ0n) is 10.3. The van der Waals surface area contributed by atoms with E-state index in [0.29, 0.717) is 0 Å². The highest BCUT2D eigenvalue weighted by atomic mass is 16.1. The van der Waals surface area contributed by atoms with Crippen LogP contribution in [0.5, 0.6) is 0 Å². The monoisotopic (exact) mass is 247 g/mol. The van der Waals surface area contributed by atoms with Crippen LogP contribution in [0.4, 0.5) is 0 Å². The Hall–Kier alpha value is -2.61. The van der Waals surface area contributed by atoms with Crippen molar-refractivity contribution in [2.45, 2.75) is 0 Å². The Balaban J connectivity index is 2.17. The molecule has 1 amide bonds. The van der Waals surface area contributed by atoms with Crippen LogP contribution >= 0.6 is 0 Å². The van der Waals surface area contributed by atoms with Crippen molar-refractivity contribution < 1.29 is 4.79 Å². The predicted molar refractivity (Wildman–Crippen MR) is 77.2 cm³/mol. The summed E-state index contributed by atoms with van der Waals surface area (Å²) in [5.41, 5.74) is 3.01. The van der Waals surface area contributed by atoms with Crippen molar-refractivity contribution in [2.24, 2.45) is 0 Å². The molecule has 0 saturated carbocycles. The third kappa shape index (κ3) is 2.20. The molecule has 0 heterocycles. The molecule has 0 fully saturated rings. The molecule has 19 heavy (non-hydrogen) atoms. The molecule has 1 aliphatic rings. The van der Waals surface area contributed by atoms with E-state index in [4.69, 9.17) is 0 Å². The lowest BCUT2D eigenvalue weighted by Gasteiger charge is -2.03. The lowest BCUT2D eigenvalue weighted by atomic mass is 10.1. The quantitative estimate of drug-likeness (QED) is 0.817. The molecular weight excluding hydrogens is 234 g/mol. The second-order valence-electron chi connectivity index (χ2n) is 4.38. The Bertz CT molecular complexity index is 757. The van der Waals surface area contributed by atoms with Crippen LogP contribution in [0, 0.1) is 0 Å². The third-order valence-electron chi connectivity index (χ3n) is 3.15. The number of carbonyl (C=O) groups excluding carboxylic acids is 1. The molecule has 0 atom stereocenters. The maximum Gasteiger partial charge on any atom is 0.211 e. The average molecular weight is 247 g/mol. The largest absolute Gasteiger partial charge is 0.328 e. The molecule has 0 aliphatic heterocycles. The average Bonchev–Trinajstić information content (AvgIpc) is 2.79. The second-order valence-corrected chi connectivity index (χ2v) is 4.38. The Morgan fingerprint density at radius 2 is 1.63 bits per heavy atom. The van der Waals surface area contributed by atoms with Crippen molar-refractivity contribution in [1.82, 2.24) is 5.32 Å². The molecule has 2 nitrogen and oxygen atoms in total. The number of rotatable bonds is 3. The van der Waals surface area contributed by atoms with Crippen LogP contribution in [-0.4, -0.2) is 6.41 Å². The van der Waals surface area contributed by atoms with Gasteiger partial charge in [0.25, 0.3) is 0 Å². The van der Waals surface area contributed by atoms with E-state index in [0.717, 1.165) is 33.7 Å². The fraction of sp³-hybridized carbons (Fsp3) is 0. The minimum absolute atomic E-state index is 0.726. The maximum absolute atomic E-state index is 10.8. The maximum atomic E-state index is 10.8. The summed E-state index contributed by atoms with van der Waals surface area (Å²) in [5, 5.41) is 5.01. The van der Waals surface area contributed by atoms with Gasteiger partial charge in [0.05, 0.1) is 5.70 Å². The smallest absolute Gasteiger partial charge is 0.211 e. The Morgan fingerprint density at radius 3 is 2.42 bits per heavy atom. The first-order valence-corrected chi connectivity index (χ1v) is 6.17. The standard InChI is InChI=1S/C17H13NO/c19-12-18-17-15(10-13-6-2-1-3-7-13)11-14-8-4-5-9-16(14)17/h1-12H,(H,18,19). The molecular formula is C17H13NO. The Morgan fingerprint density at radius 1 is 0.895 bits per heavy atom. The van der Waals surface area contributed by atoms with Crippen molar-refractivity contribution in [1.29, 1.82) is 0 Å². The Kier molecular flexibility index (Phi) is 2.99. The molecule has 0 radical (unpaired) electrons.